The molecule has 0 aromatic carbocycles. The monoisotopic (exact) mass is 151 g/mol. The van der Waals surface area contributed by atoms with E-state index in [9.17, 15) is 0 Å². The highest BCUT2D eigenvalue weighted by Crippen LogP contribution is 2.22. The summed E-state index contributed by atoms with van der Waals surface area (Å²) in [6.45, 7) is 8.84. The molecular formula is C10H17N. The highest BCUT2D eigenvalue weighted by atomic mass is 14.9. The number of hydrogen-bond acceptors (Lipinski definition) is 0. The van der Waals surface area contributed by atoms with Crippen LogP contribution in [-0.4, -0.2) is 4.57 Å². The number of aromatic nitrogens is 1. The average Bonchev–Trinajstić information content (AvgIpc) is 2.07. The van der Waals surface area contributed by atoms with E-state index in [0.29, 0.717) is 5.92 Å². The second-order valence-corrected chi connectivity index (χ2v) is 3.59. The Labute approximate surface area is 69.0 Å². The lowest BCUT2D eigenvalue weighted by Crippen LogP contribution is -1.98. The lowest BCUT2D eigenvalue weighted by atomic mass is 10.1. The standard InChI is InChI=1S/C10H17N/c1-7(2)10-9(4)8(3)6-11(10)5/h6-7H,1-5H3. The van der Waals surface area contributed by atoms with Crippen molar-refractivity contribution in [1.29, 1.82) is 0 Å². The van der Waals surface area contributed by atoms with E-state index in [0.717, 1.165) is 0 Å². The molecule has 0 radical (unpaired) electrons. The lowest BCUT2D eigenvalue weighted by molar-refractivity contribution is 0.735. The Balaban J connectivity index is 3.22. The van der Waals surface area contributed by atoms with E-state index in [2.05, 4.69) is 45.5 Å². The van der Waals surface area contributed by atoms with Gasteiger partial charge in [0.1, 0.15) is 0 Å². The summed E-state index contributed by atoms with van der Waals surface area (Å²) in [5, 5.41) is 0. The fourth-order valence-corrected chi connectivity index (χ4v) is 1.76. The Morgan fingerprint density at radius 1 is 1.27 bits per heavy atom. The first-order chi connectivity index (χ1) is 5.04. The number of nitrogens with zero attached hydrogens (tertiary/aromatic N) is 1. The molecule has 0 N–H and O–H groups in total. The predicted octanol–water partition coefficient (Wildman–Crippen LogP) is 2.77. The van der Waals surface area contributed by atoms with Crippen LogP contribution >= 0.6 is 0 Å². The lowest BCUT2D eigenvalue weighted by Gasteiger charge is -2.08. The molecule has 0 saturated heterocycles. The van der Waals surface area contributed by atoms with Crippen molar-refractivity contribution in [2.75, 3.05) is 0 Å². The fourth-order valence-electron chi connectivity index (χ4n) is 1.76. The van der Waals surface area contributed by atoms with Gasteiger partial charge in [-0.2, -0.15) is 0 Å². The van der Waals surface area contributed by atoms with Crippen molar-refractivity contribution in [3.05, 3.63) is 23.0 Å². The summed E-state index contributed by atoms with van der Waals surface area (Å²) in [5.74, 6) is 0.633. The van der Waals surface area contributed by atoms with Crippen molar-refractivity contribution in [2.24, 2.45) is 7.05 Å². The molecule has 1 aromatic heterocycles. The molecule has 1 rings (SSSR count). The zero-order chi connectivity index (χ0) is 8.59. The first-order valence-corrected chi connectivity index (χ1v) is 4.16. The second kappa shape index (κ2) is 2.72. The molecule has 1 heterocycles. The van der Waals surface area contributed by atoms with E-state index in [1.54, 1.807) is 0 Å². The van der Waals surface area contributed by atoms with Crippen LogP contribution in [0.25, 0.3) is 0 Å². The minimum Gasteiger partial charge on any atom is -0.354 e. The van der Waals surface area contributed by atoms with Gasteiger partial charge in [0, 0.05) is 18.9 Å². The quantitative estimate of drug-likeness (QED) is 0.581. The molecule has 0 aliphatic heterocycles. The van der Waals surface area contributed by atoms with Crippen LogP contribution in [-0.2, 0) is 7.05 Å². The van der Waals surface area contributed by atoms with Crippen LogP contribution in [0.5, 0.6) is 0 Å². The van der Waals surface area contributed by atoms with Crippen LogP contribution in [0.3, 0.4) is 0 Å². The topological polar surface area (TPSA) is 4.93 Å². The van der Waals surface area contributed by atoms with Gasteiger partial charge in [0.2, 0.25) is 0 Å². The van der Waals surface area contributed by atoms with E-state index in [-0.39, 0.29) is 0 Å². The molecule has 0 spiro atoms. The van der Waals surface area contributed by atoms with Gasteiger partial charge in [-0.25, -0.2) is 0 Å². The van der Waals surface area contributed by atoms with E-state index >= 15 is 0 Å². The minimum atomic E-state index is 0.633. The second-order valence-electron chi connectivity index (χ2n) is 3.59. The minimum absolute atomic E-state index is 0.633. The Kier molecular flexibility index (Phi) is 2.08. The maximum Gasteiger partial charge on any atom is 0.0229 e. The van der Waals surface area contributed by atoms with Gasteiger partial charge >= 0.3 is 0 Å². The molecule has 62 valence electrons. The van der Waals surface area contributed by atoms with Crippen molar-refractivity contribution < 1.29 is 0 Å². The summed E-state index contributed by atoms with van der Waals surface area (Å²) in [4.78, 5) is 0. The highest BCUT2D eigenvalue weighted by Gasteiger charge is 2.09. The van der Waals surface area contributed by atoms with Crippen LogP contribution in [0.1, 0.15) is 36.6 Å². The molecule has 1 nitrogen and oxygen atoms in total. The normalized spacial score (nSPS) is 11.1. The van der Waals surface area contributed by atoms with Gasteiger partial charge in [0.05, 0.1) is 0 Å². The van der Waals surface area contributed by atoms with Gasteiger partial charge < -0.3 is 4.57 Å². The Hall–Kier alpha value is -0.720. The first-order valence-electron chi connectivity index (χ1n) is 4.16. The summed E-state index contributed by atoms with van der Waals surface area (Å²) in [5.41, 5.74) is 4.31. The van der Waals surface area contributed by atoms with Crippen LogP contribution in [0.15, 0.2) is 6.20 Å². The summed E-state index contributed by atoms with van der Waals surface area (Å²) in [6.07, 6.45) is 2.20. The molecule has 11 heavy (non-hydrogen) atoms. The summed E-state index contributed by atoms with van der Waals surface area (Å²) < 4.78 is 2.23. The van der Waals surface area contributed by atoms with E-state index in [1.807, 2.05) is 0 Å². The Bertz CT molecular complexity index is 256. The van der Waals surface area contributed by atoms with Gasteiger partial charge in [-0.05, 0) is 30.9 Å². The molecule has 0 aliphatic rings. The summed E-state index contributed by atoms with van der Waals surface area (Å²) in [6, 6.07) is 0. The van der Waals surface area contributed by atoms with Crippen LogP contribution < -0.4 is 0 Å². The van der Waals surface area contributed by atoms with E-state index in [4.69, 9.17) is 0 Å². The maximum atomic E-state index is 2.24. The molecular weight excluding hydrogens is 134 g/mol. The smallest absolute Gasteiger partial charge is 0.0229 e. The van der Waals surface area contributed by atoms with Crippen LogP contribution in [0.4, 0.5) is 0 Å². The predicted molar refractivity (Wildman–Crippen MR) is 49.0 cm³/mol. The molecule has 0 unspecified atom stereocenters. The zero-order valence-electron chi connectivity index (χ0n) is 8.10. The summed E-state index contributed by atoms with van der Waals surface area (Å²) in [7, 11) is 2.12. The molecule has 0 bridgehead atoms. The number of aryl methyl sites for hydroxylation is 2. The van der Waals surface area contributed by atoms with E-state index < -0.39 is 0 Å². The van der Waals surface area contributed by atoms with Gasteiger partial charge in [0.15, 0.2) is 0 Å². The molecule has 1 heteroatoms. The van der Waals surface area contributed by atoms with Gasteiger partial charge in [0.25, 0.3) is 0 Å². The van der Waals surface area contributed by atoms with Gasteiger partial charge in [-0.3, -0.25) is 0 Å². The van der Waals surface area contributed by atoms with Crippen molar-refractivity contribution >= 4 is 0 Å². The Morgan fingerprint density at radius 3 is 2.00 bits per heavy atom. The molecule has 0 aliphatic carbocycles. The van der Waals surface area contributed by atoms with Gasteiger partial charge in [-0.15, -0.1) is 0 Å². The Morgan fingerprint density at radius 2 is 1.82 bits per heavy atom. The molecule has 0 atom stereocenters. The molecule has 0 saturated carbocycles. The van der Waals surface area contributed by atoms with Crippen molar-refractivity contribution in [3.8, 4) is 0 Å². The SMILES string of the molecule is Cc1cn(C)c(C(C)C)c1C. The maximum absolute atomic E-state index is 2.24. The van der Waals surface area contributed by atoms with Crippen LogP contribution in [0.2, 0.25) is 0 Å². The average molecular weight is 151 g/mol. The summed E-state index contributed by atoms with van der Waals surface area (Å²) >= 11 is 0. The largest absolute Gasteiger partial charge is 0.354 e. The third-order valence-corrected chi connectivity index (χ3v) is 2.29. The van der Waals surface area contributed by atoms with Crippen LogP contribution in [0, 0.1) is 13.8 Å². The van der Waals surface area contributed by atoms with Gasteiger partial charge in [-0.1, -0.05) is 13.8 Å². The van der Waals surface area contributed by atoms with Crippen molar-refractivity contribution in [1.82, 2.24) is 4.57 Å². The third kappa shape index (κ3) is 1.32. The number of rotatable bonds is 1. The highest BCUT2D eigenvalue weighted by molar-refractivity contribution is 5.31. The van der Waals surface area contributed by atoms with Crippen molar-refractivity contribution in [2.45, 2.75) is 33.6 Å². The fraction of sp³-hybridized carbons (Fsp3) is 0.600. The molecule has 1 aromatic rings. The third-order valence-electron chi connectivity index (χ3n) is 2.29. The number of hydrogen-bond donors (Lipinski definition) is 0. The van der Waals surface area contributed by atoms with E-state index in [1.165, 1.54) is 16.8 Å². The molecule has 0 amide bonds. The first kappa shape index (κ1) is 8.38. The zero-order valence-corrected chi connectivity index (χ0v) is 8.10. The molecule has 0 fully saturated rings. The van der Waals surface area contributed by atoms with Crippen molar-refractivity contribution in [3.63, 3.8) is 0 Å².